The van der Waals surface area contributed by atoms with Crippen LogP contribution in [0.5, 0.6) is 0 Å². The molecule has 116 valence electrons. The van der Waals surface area contributed by atoms with Crippen LogP contribution >= 0.6 is 0 Å². The van der Waals surface area contributed by atoms with Crippen LogP contribution in [0.15, 0.2) is 18.2 Å². The van der Waals surface area contributed by atoms with Crippen molar-refractivity contribution in [1.82, 2.24) is 5.32 Å². The molecule has 1 aliphatic heterocycles. The van der Waals surface area contributed by atoms with Gasteiger partial charge in [0.15, 0.2) is 0 Å². The van der Waals surface area contributed by atoms with Gasteiger partial charge in [0.05, 0.1) is 6.10 Å². The Morgan fingerprint density at radius 2 is 2.05 bits per heavy atom. The summed E-state index contributed by atoms with van der Waals surface area (Å²) in [6.07, 6.45) is 2.98. The Balaban J connectivity index is 1.73. The zero-order valence-corrected chi connectivity index (χ0v) is 14.1. The van der Waals surface area contributed by atoms with E-state index in [2.05, 4.69) is 58.1 Å². The third-order valence-corrected chi connectivity index (χ3v) is 5.65. The summed E-state index contributed by atoms with van der Waals surface area (Å²) in [6, 6.07) is 7.75. The van der Waals surface area contributed by atoms with Crippen LogP contribution < -0.4 is 5.32 Å². The Bertz CT molecular complexity index is 522. The van der Waals surface area contributed by atoms with E-state index in [4.69, 9.17) is 4.74 Å². The summed E-state index contributed by atoms with van der Waals surface area (Å²) in [4.78, 5) is 0. The highest BCUT2D eigenvalue weighted by molar-refractivity contribution is 5.32. The first kappa shape index (κ1) is 15.1. The third kappa shape index (κ3) is 2.53. The molecule has 4 unspecified atom stereocenters. The predicted octanol–water partition coefficient (Wildman–Crippen LogP) is 4.16. The smallest absolute Gasteiger partial charge is 0.0684 e. The van der Waals surface area contributed by atoms with Gasteiger partial charge in [-0.3, -0.25) is 0 Å². The maximum Gasteiger partial charge on any atom is 0.0684 e. The molecule has 2 nitrogen and oxygen atoms in total. The summed E-state index contributed by atoms with van der Waals surface area (Å²) < 4.78 is 6.01. The first-order valence-corrected chi connectivity index (χ1v) is 8.36. The van der Waals surface area contributed by atoms with Crippen molar-refractivity contribution in [3.05, 3.63) is 34.9 Å². The second-order valence-corrected chi connectivity index (χ2v) is 7.64. The van der Waals surface area contributed by atoms with Gasteiger partial charge in [0.25, 0.3) is 0 Å². The fourth-order valence-electron chi connectivity index (χ4n) is 4.53. The quantitative estimate of drug-likeness (QED) is 0.901. The Hall–Kier alpha value is -0.860. The number of nitrogens with one attached hydrogen (secondary N) is 1. The molecule has 1 aromatic rings. The van der Waals surface area contributed by atoms with Crippen LogP contribution in [0.2, 0.25) is 0 Å². The SMILES string of the molecule is Cc1ccc(C(C)NC2C3CCCOC3C2(C)C)c(C)c1. The summed E-state index contributed by atoms with van der Waals surface area (Å²) in [5.41, 5.74) is 4.41. The summed E-state index contributed by atoms with van der Waals surface area (Å²) in [5.74, 6) is 0.696. The van der Waals surface area contributed by atoms with E-state index in [1.807, 2.05) is 0 Å². The Labute approximate surface area is 129 Å². The van der Waals surface area contributed by atoms with Gasteiger partial charge in [0.2, 0.25) is 0 Å². The monoisotopic (exact) mass is 287 g/mol. The van der Waals surface area contributed by atoms with E-state index in [9.17, 15) is 0 Å². The lowest BCUT2D eigenvalue weighted by atomic mass is 9.55. The van der Waals surface area contributed by atoms with Crippen LogP contribution in [0.25, 0.3) is 0 Å². The Morgan fingerprint density at radius 1 is 1.29 bits per heavy atom. The lowest BCUT2D eigenvalue weighted by molar-refractivity contribution is -0.194. The molecule has 0 spiro atoms. The number of ether oxygens (including phenoxy) is 1. The van der Waals surface area contributed by atoms with Crippen LogP contribution in [-0.4, -0.2) is 18.8 Å². The Kier molecular flexibility index (Phi) is 3.87. The summed E-state index contributed by atoms with van der Waals surface area (Å²) >= 11 is 0. The van der Waals surface area contributed by atoms with Crippen molar-refractivity contribution in [2.75, 3.05) is 6.61 Å². The van der Waals surface area contributed by atoms with Gasteiger partial charge in [-0.1, -0.05) is 37.6 Å². The minimum absolute atomic E-state index is 0.248. The van der Waals surface area contributed by atoms with E-state index < -0.39 is 0 Å². The van der Waals surface area contributed by atoms with Crippen molar-refractivity contribution < 1.29 is 4.74 Å². The standard InChI is InChI=1S/C19H29NO/c1-12-8-9-15(13(2)11-12)14(3)20-17-16-7-6-10-21-18(16)19(17,4)5/h8-9,11,14,16-18,20H,6-7,10H2,1-5H3. The average Bonchev–Trinajstić information content (AvgIpc) is 2.44. The topological polar surface area (TPSA) is 21.3 Å². The van der Waals surface area contributed by atoms with Gasteiger partial charge in [-0.15, -0.1) is 0 Å². The van der Waals surface area contributed by atoms with Gasteiger partial charge in [0.1, 0.15) is 0 Å². The van der Waals surface area contributed by atoms with Crippen LogP contribution in [0.3, 0.4) is 0 Å². The molecule has 0 aromatic heterocycles. The van der Waals surface area contributed by atoms with E-state index >= 15 is 0 Å². The fraction of sp³-hybridized carbons (Fsp3) is 0.684. The molecule has 0 radical (unpaired) electrons. The molecular weight excluding hydrogens is 258 g/mol. The normalized spacial score (nSPS) is 32.1. The van der Waals surface area contributed by atoms with E-state index in [1.54, 1.807) is 0 Å². The molecule has 1 saturated carbocycles. The van der Waals surface area contributed by atoms with Gasteiger partial charge >= 0.3 is 0 Å². The molecule has 1 heterocycles. The van der Waals surface area contributed by atoms with Gasteiger partial charge in [-0.05, 0) is 44.7 Å². The predicted molar refractivity (Wildman–Crippen MR) is 87.5 cm³/mol. The largest absolute Gasteiger partial charge is 0.377 e. The van der Waals surface area contributed by atoms with Crippen molar-refractivity contribution in [1.29, 1.82) is 0 Å². The first-order chi connectivity index (χ1) is 9.91. The molecule has 1 aliphatic carbocycles. The van der Waals surface area contributed by atoms with E-state index in [0.717, 1.165) is 6.61 Å². The second kappa shape index (κ2) is 5.40. The molecule has 21 heavy (non-hydrogen) atoms. The van der Waals surface area contributed by atoms with Crippen molar-refractivity contribution in [2.24, 2.45) is 11.3 Å². The molecule has 2 heteroatoms. The van der Waals surface area contributed by atoms with Gasteiger partial charge < -0.3 is 10.1 Å². The molecule has 1 saturated heterocycles. The number of rotatable bonds is 3. The molecule has 2 fully saturated rings. The molecule has 3 rings (SSSR count). The van der Waals surface area contributed by atoms with Crippen molar-refractivity contribution in [2.45, 2.75) is 65.6 Å². The number of fused-ring (bicyclic) bond motifs is 1. The van der Waals surface area contributed by atoms with E-state index in [0.29, 0.717) is 24.1 Å². The lowest BCUT2D eigenvalue weighted by Gasteiger charge is -2.60. The van der Waals surface area contributed by atoms with Crippen molar-refractivity contribution >= 4 is 0 Å². The number of aryl methyl sites for hydroxylation is 2. The van der Waals surface area contributed by atoms with Crippen molar-refractivity contribution in [3.8, 4) is 0 Å². The first-order valence-electron chi connectivity index (χ1n) is 8.36. The lowest BCUT2D eigenvalue weighted by Crippen LogP contribution is -2.69. The average molecular weight is 287 g/mol. The maximum absolute atomic E-state index is 6.01. The molecule has 0 amide bonds. The van der Waals surface area contributed by atoms with Crippen molar-refractivity contribution in [3.63, 3.8) is 0 Å². The summed E-state index contributed by atoms with van der Waals surface area (Å²) in [5, 5.41) is 3.90. The minimum atomic E-state index is 0.248. The minimum Gasteiger partial charge on any atom is -0.377 e. The molecule has 4 atom stereocenters. The number of hydrogen-bond acceptors (Lipinski definition) is 2. The summed E-state index contributed by atoms with van der Waals surface area (Å²) in [7, 11) is 0. The highest BCUT2D eigenvalue weighted by Gasteiger charge is 2.57. The van der Waals surface area contributed by atoms with Gasteiger partial charge in [-0.25, -0.2) is 0 Å². The number of hydrogen-bond donors (Lipinski definition) is 1. The highest BCUT2D eigenvalue weighted by Crippen LogP contribution is 2.51. The van der Waals surface area contributed by atoms with E-state index in [1.165, 1.54) is 29.5 Å². The molecular formula is C19H29NO. The van der Waals surface area contributed by atoms with Crippen LogP contribution in [-0.2, 0) is 4.74 Å². The highest BCUT2D eigenvalue weighted by atomic mass is 16.5. The molecule has 1 N–H and O–H groups in total. The van der Waals surface area contributed by atoms with Crippen LogP contribution in [0, 0.1) is 25.2 Å². The van der Waals surface area contributed by atoms with Crippen LogP contribution in [0.4, 0.5) is 0 Å². The second-order valence-electron chi connectivity index (χ2n) is 7.64. The zero-order chi connectivity index (χ0) is 15.2. The molecule has 1 aromatic carbocycles. The number of benzene rings is 1. The third-order valence-electron chi connectivity index (χ3n) is 5.65. The summed E-state index contributed by atoms with van der Waals surface area (Å²) in [6.45, 7) is 12.3. The van der Waals surface area contributed by atoms with E-state index in [-0.39, 0.29) is 5.41 Å². The fourth-order valence-corrected chi connectivity index (χ4v) is 4.53. The maximum atomic E-state index is 6.01. The van der Waals surface area contributed by atoms with Crippen LogP contribution in [0.1, 0.15) is 56.3 Å². The molecule has 0 bridgehead atoms. The Morgan fingerprint density at radius 3 is 2.76 bits per heavy atom. The van der Waals surface area contributed by atoms with Gasteiger partial charge in [0, 0.05) is 30.0 Å². The zero-order valence-electron chi connectivity index (χ0n) is 14.1. The van der Waals surface area contributed by atoms with Gasteiger partial charge in [-0.2, -0.15) is 0 Å². The molecule has 2 aliphatic rings.